The molecule has 0 spiro atoms. The molecule has 0 radical (unpaired) electrons. The second-order valence-corrected chi connectivity index (χ2v) is 13.7. The van der Waals surface area contributed by atoms with Crippen LogP contribution in [0.15, 0.2) is 140 Å². The topological polar surface area (TPSA) is 28.3 Å². The van der Waals surface area contributed by atoms with Gasteiger partial charge in [-0.2, -0.15) is 0 Å². The first-order chi connectivity index (χ1) is 22.8. The molecular weight excluding hydrogens is 575 g/mol. The Morgan fingerprint density at radius 3 is 1.79 bits per heavy atom. The Bertz CT molecular complexity index is 2470. The molecule has 0 aliphatic carbocycles. The first-order valence-electron chi connectivity index (χ1n) is 16.4. The zero-order valence-electron chi connectivity index (χ0n) is 27.1. The highest BCUT2D eigenvalue weighted by atomic mass is 16.7. The third-order valence-corrected chi connectivity index (χ3v) is 10.3. The number of para-hydroxylation sites is 3. The molecule has 3 heterocycles. The van der Waals surface area contributed by atoms with Crippen molar-refractivity contribution in [1.82, 2.24) is 9.13 Å². The van der Waals surface area contributed by atoms with Gasteiger partial charge in [0, 0.05) is 27.2 Å². The summed E-state index contributed by atoms with van der Waals surface area (Å²) in [5.41, 5.74) is 9.57. The van der Waals surface area contributed by atoms with Gasteiger partial charge >= 0.3 is 7.12 Å². The predicted octanol–water partition coefficient (Wildman–Crippen LogP) is 9.85. The third kappa shape index (κ3) is 4.24. The van der Waals surface area contributed by atoms with Crippen molar-refractivity contribution in [2.75, 3.05) is 0 Å². The van der Waals surface area contributed by atoms with Gasteiger partial charge in [-0.25, -0.2) is 0 Å². The first-order valence-corrected chi connectivity index (χ1v) is 16.4. The molecule has 4 nitrogen and oxygen atoms in total. The van der Waals surface area contributed by atoms with Crippen molar-refractivity contribution in [1.29, 1.82) is 0 Å². The van der Waals surface area contributed by atoms with Crippen molar-refractivity contribution in [2.45, 2.75) is 38.9 Å². The zero-order chi connectivity index (χ0) is 31.9. The van der Waals surface area contributed by atoms with Gasteiger partial charge in [0.05, 0.1) is 39.0 Å². The van der Waals surface area contributed by atoms with Crippen LogP contribution in [-0.2, 0) is 9.31 Å². The monoisotopic (exact) mass is 610 g/mol. The molecule has 5 heteroatoms. The maximum Gasteiger partial charge on any atom is 0.494 e. The Kier molecular flexibility index (Phi) is 6.11. The molecule has 8 aromatic rings. The van der Waals surface area contributed by atoms with E-state index in [1.54, 1.807) is 0 Å². The Morgan fingerprint density at radius 2 is 1.04 bits per heavy atom. The molecule has 0 amide bonds. The van der Waals surface area contributed by atoms with E-state index < -0.39 is 18.3 Å². The van der Waals surface area contributed by atoms with E-state index in [1.807, 2.05) is 0 Å². The summed E-state index contributed by atoms with van der Waals surface area (Å²) in [6, 6.07) is 50.3. The fraction of sp³-hybridized carbons (Fsp3) is 0.143. The Labute approximate surface area is 274 Å². The number of aromatic nitrogens is 2. The lowest BCUT2D eigenvalue weighted by Gasteiger charge is -2.32. The highest BCUT2D eigenvalue weighted by molar-refractivity contribution is 6.62. The lowest BCUT2D eigenvalue weighted by atomic mass is 9.78. The maximum absolute atomic E-state index is 6.47. The summed E-state index contributed by atoms with van der Waals surface area (Å²) in [4.78, 5) is 0. The number of nitrogens with zero attached hydrogens (tertiary/aromatic N) is 2. The fourth-order valence-corrected chi connectivity index (χ4v) is 7.28. The SMILES string of the molecule is CC1(C)OB(c2ccc3c(c2)c2ccccc2n3-c2cccc3c4ccccc4n(-c4cccc(-c5ccccc5)c4)c23)OC1(C)C. The average molecular weight is 611 g/mol. The summed E-state index contributed by atoms with van der Waals surface area (Å²) in [5.74, 6) is 0. The Balaban J connectivity index is 1.31. The van der Waals surface area contributed by atoms with Gasteiger partial charge < -0.3 is 18.4 Å². The zero-order valence-corrected chi connectivity index (χ0v) is 27.1. The van der Waals surface area contributed by atoms with Gasteiger partial charge in [0.15, 0.2) is 0 Å². The minimum absolute atomic E-state index is 0.401. The van der Waals surface area contributed by atoms with Crippen LogP contribution in [0.1, 0.15) is 27.7 Å². The van der Waals surface area contributed by atoms with Gasteiger partial charge in [0.2, 0.25) is 0 Å². The molecule has 0 saturated carbocycles. The summed E-state index contributed by atoms with van der Waals surface area (Å²) in [5, 5.41) is 4.84. The molecule has 0 bridgehead atoms. The van der Waals surface area contributed by atoms with Crippen LogP contribution in [0.2, 0.25) is 0 Å². The summed E-state index contributed by atoms with van der Waals surface area (Å²) < 4.78 is 17.8. The van der Waals surface area contributed by atoms with E-state index in [0.29, 0.717) is 0 Å². The van der Waals surface area contributed by atoms with Crippen molar-refractivity contribution in [3.05, 3.63) is 140 Å². The standard InChI is InChI=1S/C42H35BN2O2/c1-41(2)42(3,4)47-43(46-41)30-24-25-38-35(27-30)33-19-9-11-22-37(33)45(38)39-23-13-20-34-32-18-8-10-21-36(32)44(40(34)39)31-17-12-16-29(26-31)28-14-6-5-7-15-28/h5-27H,1-4H3. The Morgan fingerprint density at radius 1 is 0.468 bits per heavy atom. The molecular formula is C42H35BN2O2. The number of rotatable bonds is 4. The molecule has 1 saturated heterocycles. The molecule has 0 unspecified atom stereocenters. The third-order valence-electron chi connectivity index (χ3n) is 10.3. The normalized spacial score (nSPS) is 15.8. The van der Waals surface area contributed by atoms with Crippen LogP contribution >= 0.6 is 0 Å². The van der Waals surface area contributed by atoms with E-state index in [-0.39, 0.29) is 0 Å². The van der Waals surface area contributed by atoms with Crippen molar-refractivity contribution in [3.8, 4) is 22.5 Å². The van der Waals surface area contributed by atoms with E-state index in [0.717, 1.165) is 27.9 Å². The molecule has 2 aromatic heterocycles. The van der Waals surface area contributed by atoms with E-state index in [2.05, 4.69) is 176 Å². The largest absolute Gasteiger partial charge is 0.494 e. The Hall–Kier alpha value is -5.10. The second-order valence-electron chi connectivity index (χ2n) is 13.7. The van der Waals surface area contributed by atoms with Crippen LogP contribution in [-0.4, -0.2) is 27.5 Å². The molecule has 1 fully saturated rings. The van der Waals surface area contributed by atoms with Crippen molar-refractivity contribution >= 4 is 56.2 Å². The number of benzene rings is 6. The van der Waals surface area contributed by atoms with Crippen molar-refractivity contribution < 1.29 is 9.31 Å². The molecule has 228 valence electrons. The van der Waals surface area contributed by atoms with Crippen molar-refractivity contribution in [3.63, 3.8) is 0 Å². The average Bonchev–Trinajstić information content (AvgIpc) is 3.68. The van der Waals surface area contributed by atoms with Crippen LogP contribution in [0, 0.1) is 0 Å². The minimum atomic E-state index is -0.422. The van der Waals surface area contributed by atoms with E-state index in [4.69, 9.17) is 9.31 Å². The number of hydrogen-bond donors (Lipinski definition) is 0. The lowest BCUT2D eigenvalue weighted by molar-refractivity contribution is 0.00578. The second kappa shape index (κ2) is 10.2. The van der Waals surface area contributed by atoms with E-state index >= 15 is 0 Å². The first kappa shape index (κ1) is 28.2. The molecule has 0 atom stereocenters. The predicted molar refractivity (Wildman–Crippen MR) is 196 cm³/mol. The smallest absolute Gasteiger partial charge is 0.399 e. The fourth-order valence-electron chi connectivity index (χ4n) is 7.28. The number of fused-ring (bicyclic) bond motifs is 6. The molecule has 6 aromatic carbocycles. The van der Waals surface area contributed by atoms with Gasteiger partial charge in [-0.05, 0) is 80.7 Å². The molecule has 1 aliphatic rings. The van der Waals surface area contributed by atoms with Gasteiger partial charge in [0.1, 0.15) is 0 Å². The summed E-state index contributed by atoms with van der Waals surface area (Å²) in [6.07, 6.45) is 0. The maximum atomic E-state index is 6.47. The van der Waals surface area contributed by atoms with Crippen LogP contribution in [0.3, 0.4) is 0 Å². The molecule has 0 N–H and O–H groups in total. The molecule has 9 rings (SSSR count). The molecule has 1 aliphatic heterocycles. The van der Waals surface area contributed by atoms with E-state index in [1.165, 1.54) is 43.7 Å². The van der Waals surface area contributed by atoms with Gasteiger partial charge in [-0.15, -0.1) is 0 Å². The summed E-state index contributed by atoms with van der Waals surface area (Å²) in [7, 11) is -0.422. The van der Waals surface area contributed by atoms with E-state index in [9.17, 15) is 0 Å². The van der Waals surface area contributed by atoms with Crippen LogP contribution < -0.4 is 5.46 Å². The molecule has 47 heavy (non-hydrogen) atoms. The van der Waals surface area contributed by atoms with Crippen LogP contribution in [0.5, 0.6) is 0 Å². The van der Waals surface area contributed by atoms with Crippen LogP contribution in [0.4, 0.5) is 0 Å². The highest BCUT2D eigenvalue weighted by Gasteiger charge is 2.51. The van der Waals surface area contributed by atoms with Gasteiger partial charge in [-0.3, -0.25) is 0 Å². The van der Waals surface area contributed by atoms with Gasteiger partial charge in [0.25, 0.3) is 0 Å². The summed E-state index contributed by atoms with van der Waals surface area (Å²) in [6.45, 7) is 8.42. The quantitative estimate of drug-likeness (QED) is 0.186. The van der Waals surface area contributed by atoms with Crippen LogP contribution in [0.25, 0.3) is 66.1 Å². The lowest BCUT2D eigenvalue weighted by Crippen LogP contribution is -2.41. The summed E-state index contributed by atoms with van der Waals surface area (Å²) >= 11 is 0. The van der Waals surface area contributed by atoms with Gasteiger partial charge in [-0.1, -0.05) is 103 Å². The highest BCUT2D eigenvalue weighted by Crippen LogP contribution is 2.41. The number of hydrogen-bond acceptors (Lipinski definition) is 2. The van der Waals surface area contributed by atoms with Crippen molar-refractivity contribution in [2.24, 2.45) is 0 Å². The minimum Gasteiger partial charge on any atom is -0.399 e.